The van der Waals surface area contributed by atoms with Gasteiger partial charge in [-0.25, -0.2) is 4.39 Å². The van der Waals surface area contributed by atoms with E-state index in [1.54, 1.807) is 6.07 Å². The molecule has 3 nitrogen and oxygen atoms in total. The Morgan fingerprint density at radius 2 is 2.12 bits per heavy atom. The normalized spacial score (nSPS) is 12.6. The van der Waals surface area contributed by atoms with Crippen LogP contribution in [0.25, 0.3) is 0 Å². The van der Waals surface area contributed by atoms with E-state index in [1.165, 1.54) is 12.1 Å². The lowest BCUT2D eigenvalue weighted by Crippen LogP contribution is -2.36. The first-order valence-corrected chi connectivity index (χ1v) is 5.72. The molecule has 0 aliphatic heterocycles. The van der Waals surface area contributed by atoms with E-state index in [4.69, 9.17) is 5.73 Å². The van der Waals surface area contributed by atoms with Crippen LogP contribution in [0.2, 0.25) is 0 Å². The quantitative estimate of drug-likeness (QED) is 0.846. The van der Waals surface area contributed by atoms with Crippen molar-refractivity contribution in [2.24, 2.45) is 11.7 Å². The third-order valence-electron chi connectivity index (χ3n) is 2.52. The highest BCUT2D eigenvalue weighted by Crippen LogP contribution is 2.16. The number of anilines is 1. The van der Waals surface area contributed by atoms with E-state index < -0.39 is 6.04 Å². The van der Waals surface area contributed by atoms with Gasteiger partial charge in [-0.1, -0.05) is 19.9 Å². The molecular weight excluding hydrogens is 219 g/mol. The van der Waals surface area contributed by atoms with Gasteiger partial charge in [0.2, 0.25) is 5.91 Å². The van der Waals surface area contributed by atoms with Crippen molar-refractivity contribution < 1.29 is 9.18 Å². The molecule has 94 valence electrons. The number of carbonyl (C=O) groups is 1. The summed E-state index contributed by atoms with van der Waals surface area (Å²) >= 11 is 0. The lowest BCUT2D eigenvalue weighted by atomic mass is 10.0. The highest BCUT2D eigenvalue weighted by atomic mass is 19.1. The summed E-state index contributed by atoms with van der Waals surface area (Å²) in [4.78, 5) is 11.8. The van der Waals surface area contributed by atoms with E-state index in [1.807, 2.05) is 20.8 Å². The second-order valence-corrected chi connectivity index (χ2v) is 4.68. The van der Waals surface area contributed by atoms with Crippen LogP contribution < -0.4 is 11.1 Å². The van der Waals surface area contributed by atoms with Gasteiger partial charge in [0.25, 0.3) is 0 Å². The number of hydrogen-bond acceptors (Lipinski definition) is 2. The molecule has 3 N–H and O–H groups in total. The second-order valence-electron chi connectivity index (χ2n) is 4.68. The van der Waals surface area contributed by atoms with E-state index >= 15 is 0 Å². The van der Waals surface area contributed by atoms with Gasteiger partial charge in [0.05, 0.1) is 6.04 Å². The van der Waals surface area contributed by atoms with Crippen molar-refractivity contribution in [3.8, 4) is 0 Å². The highest BCUT2D eigenvalue weighted by Gasteiger charge is 2.15. The zero-order valence-corrected chi connectivity index (χ0v) is 10.5. The van der Waals surface area contributed by atoms with E-state index in [0.29, 0.717) is 18.0 Å². The summed E-state index contributed by atoms with van der Waals surface area (Å²) in [5.74, 6) is -0.292. The van der Waals surface area contributed by atoms with E-state index in [2.05, 4.69) is 5.32 Å². The van der Waals surface area contributed by atoms with Crippen molar-refractivity contribution in [2.75, 3.05) is 5.32 Å². The fourth-order valence-corrected chi connectivity index (χ4v) is 1.57. The summed E-state index contributed by atoms with van der Waals surface area (Å²) in [6, 6.07) is 3.73. The number of amides is 1. The zero-order chi connectivity index (χ0) is 13.0. The Balaban J connectivity index is 2.70. The smallest absolute Gasteiger partial charge is 0.241 e. The molecule has 1 aromatic carbocycles. The Morgan fingerprint density at radius 3 is 2.71 bits per heavy atom. The van der Waals surface area contributed by atoms with Crippen LogP contribution in [0.15, 0.2) is 18.2 Å². The Hall–Kier alpha value is -1.42. The average Bonchev–Trinajstić information content (AvgIpc) is 2.22. The lowest BCUT2D eigenvalue weighted by molar-refractivity contribution is -0.117. The highest BCUT2D eigenvalue weighted by molar-refractivity contribution is 5.95. The van der Waals surface area contributed by atoms with Gasteiger partial charge in [-0.2, -0.15) is 0 Å². The van der Waals surface area contributed by atoms with Crippen molar-refractivity contribution in [3.63, 3.8) is 0 Å². The minimum absolute atomic E-state index is 0.271. The summed E-state index contributed by atoms with van der Waals surface area (Å²) in [7, 11) is 0. The third-order valence-corrected chi connectivity index (χ3v) is 2.52. The standard InChI is InChI=1S/C13H19FN2O/c1-8(2)6-11(15)13(17)16-12-7-10(14)5-4-9(12)3/h4-5,7-8,11H,6,15H2,1-3H3,(H,16,17)/t11-/m1/s1. The molecule has 0 fully saturated rings. The van der Waals surface area contributed by atoms with Crippen molar-refractivity contribution in [1.82, 2.24) is 0 Å². The first kappa shape index (κ1) is 13.6. The average molecular weight is 238 g/mol. The number of carbonyl (C=O) groups excluding carboxylic acids is 1. The predicted octanol–water partition coefficient (Wildman–Crippen LogP) is 2.45. The van der Waals surface area contributed by atoms with Crippen molar-refractivity contribution in [1.29, 1.82) is 0 Å². The van der Waals surface area contributed by atoms with Gasteiger partial charge in [-0.3, -0.25) is 4.79 Å². The van der Waals surface area contributed by atoms with E-state index in [-0.39, 0.29) is 11.7 Å². The first-order chi connectivity index (χ1) is 7.90. The predicted molar refractivity (Wildman–Crippen MR) is 67.2 cm³/mol. The molecule has 0 aliphatic rings. The summed E-state index contributed by atoms with van der Waals surface area (Å²) < 4.78 is 13.0. The van der Waals surface area contributed by atoms with Crippen LogP contribution in [0.1, 0.15) is 25.8 Å². The molecule has 0 aliphatic carbocycles. The summed E-state index contributed by atoms with van der Waals surface area (Å²) in [6.45, 7) is 5.81. The van der Waals surface area contributed by atoms with Crippen molar-refractivity contribution >= 4 is 11.6 Å². The van der Waals surface area contributed by atoms with Gasteiger partial charge >= 0.3 is 0 Å². The molecule has 0 saturated heterocycles. The van der Waals surface area contributed by atoms with Gasteiger partial charge in [0.1, 0.15) is 5.82 Å². The van der Waals surface area contributed by atoms with Crippen LogP contribution in [0.4, 0.5) is 10.1 Å². The monoisotopic (exact) mass is 238 g/mol. The molecule has 4 heteroatoms. The lowest BCUT2D eigenvalue weighted by Gasteiger charge is -2.15. The molecule has 0 heterocycles. The topological polar surface area (TPSA) is 55.1 Å². The Kier molecular flexibility index (Phi) is 4.63. The molecular formula is C13H19FN2O. The van der Waals surface area contributed by atoms with Crippen LogP contribution in [0, 0.1) is 18.7 Å². The van der Waals surface area contributed by atoms with Gasteiger partial charge < -0.3 is 11.1 Å². The summed E-state index contributed by atoms with van der Waals surface area (Å²) in [5, 5.41) is 2.65. The number of rotatable bonds is 4. The molecule has 0 radical (unpaired) electrons. The zero-order valence-electron chi connectivity index (χ0n) is 10.5. The Morgan fingerprint density at radius 1 is 1.47 bits per heavy atom. The van der Waals surface area contributed by atoms with Gasteiger partial charge in [-0.05, 0) is 37.0 Å². The number of aryl methyl sites for hydroxylation is 1. The maximum atomic E-state index is 13.0. The second kappa shape index (κ2) is 5.77. The Bertz CT molecular complexity index is 404. The molecule has 1 rings (SSSR count). The van der Waals surface area contributed by atoms with Crippen LogP contribution in [-0.2, 0) is 4.79 Å². The van der Waals surface area contributed by atoms with Crippen LogP contribution in [-0.4, -0.2) is 11.9 Å². The number of hydrogen-bond donors (Lipinski definition) is 2. The number of nitrogens with two attached hydrogens (primary N) is 1. The molecule has 1 amide bonds. The van der Waals surface area contributed by atoms with Gasteiger partial charge in [0.15, 0.2) is 0 Å². The third kappa shape index (κ3) is 4.15. The maximum absolute atomic E-state index is 13.0. The molecule has 17 heavy (non-hydrogen) atoms. The van der Waals surface area contributed by atoms with Gasteiger partial charge in [-0.15, -0.1) is 0 Å². The largest absolute Gasteiger partial charge is 0.324 e. The Labute approximate surface area is 101 Å². The molecule has 0 unspecified atom stereocenters. The molecule has 0 spiro atoms. The molecule has 1 aromatic rings. The SMILES string of the molecule is Cc1ccc(F)cc1NC(=O)[C@H](N)CC(C)C. The van der Waals surface area contributed by atoms with Crippen molar-refractivity contribution in [2.45, 2.75) is 33.2 Å². The molecule has 1 atom stereocenters. The first-order valence-electron chi connectivity index (χ1n) is 5.72. The number of nitrogens with one attached hydrogen (secondary N) is 1. The molecule has 0 saturated carbocycles. The summed E-state index contributed by atoms with van der Waals surface area (Å²) in [6.07, 6.45) is 0.611. The minimum atomic E-state index is -0.558. The van der Waals surface area contributed by atoms with Crippen LogP contribution in [0.5, 0.6) is 0 Å². The summed E-state index contributed by atoms with van der Waals surface area (Å²) in [5.41, 5.74) is 7.05. The fourth-order valence-electron chi connectivity index (χ4n) is 1.57. The molecule has 0 aromatic heterocycles. The van der Waals surface area contributed by atoms with Crippen molar-refractivity contribution in [3.05, 3.63) is 29.6 Å². The maximum Gasteiger partial charge on any atom is 0.241 e. The number of halogens is 1. The number of benzene rings is 1. The molecule has 0 bridgehead atoms. The van der Waals surface area contributed by atoms with E-state index in [9.17, 15) is 9.18 Å². The van der Waals surface area contributed by atoms with Crippen LogP contribution >= 0.6 is 0 Å². The van der Waals surface area contributed by atoms with E-state index in [0.717, 1.165) is 5.56 Å². The van der Waals surface area contributed by atoms with Gasteiger partial charge in [0, 0.05) is 5.69 Å². The van der Waals surface area contributed by atoms with Crippen LogP contribution in [0.3, 0.4) is 0 Å². The minimum Gasteiger partial charge on any atom is -0.324 e. The fraction of sp³-hybridized carbons (Fsp3) is 0.462.